The van der Waals surface area contributed by atoms with Gasteiger partial charge in [0.15, 0.2) is 0 Å². The van der Waals surface area contributed by atoms with Crippen LogP contribution in [0.2, 0.25) is 0 Å². The monoisotopic (exact) mass is 542 g/mol. The minimum atomic E-state index is -4.52. The predicted octanol–water partition coefficient (Wildman–Crippen LogP) is 7.09. The van der Waals surface area contributed by atoms with Gasteiger partial charge < -0.3 is 26.3 Å². The van der Waals surface area contributed by atoms with Gasteiger partial charge in [-0.1, -0.05) is 18.2 Å². The van der Waals surface area contributed by atoms with Crippen molar-refractivity contribution in [2.75, 3.05) is 21.3 Å². The summed E-state index contributed by atoms with van der Waals surface area (Å²) >= 11 is 0. The molecule has 0 saturated heterocycles. The second kappa shape index (κ2) is 10.3. The van der Waals surface area contributed by atoms with E-state index in [1.807, 2.05) is 19.1 Å². The number of halogens is 3. The number of rotatable bonds is 5. The smallest absolute Gasteiger partial charge is 0.360 e. The number of alkyl halides is 3. The number of nitrogens with zero attached hydrogens (tertiary/aromatic N) is 1. The van der Waals surface area contributed by atoms with E-state index in [2.05, 4.69) is 26.3 Å². The minimum Gasteiger partial charge on any atom is -0.360 e. The molecule has 0 saturated carbocycles. The van der Waals surface area contributed by atoms with Crippen LogP contribution in [0, 0.1) is 18.3 Å². The van der Waals surface area contributed by atoms with E-state index in [4.69, 9.17) is 5.26 Å². The molecule has 1 aliphatic heterocycles. The van der Waals surface area contributed by atoms with Crippen molar-refractivity contribution < 1.29 is 22.8 Å². The lowest BCUT2D eigenvalue weighted by Gasteiger charge is -2.14. The van der Waals surface area contributed by atoms with Crippen molar-refractivity contribution in [3.63, 3.8) is 0 Å². The fraction of sp³-hybridized carbons (Fsp3) is 0.0690. The fourth-order valence-corrected chi connectivity index (χ4v) is 4.19. The maximum Gasteiger partial charge on any atom is 0.416 e. The number of aromatic nitrogens is 1. The van der Waals surface area contributed by atoms with Gasteiger partial charge in [-0.2, -0.15) is 18.4 Å². The molecule has 0 unspecified atom stereocenters. The third-order valence-corrected chi connectivity index (χ3v) is 6.16. The largest absolute Gasteiger partial charge is 0.416 e. The third kappa shape index (κ3) is 5.66. The van der Waals surface area contributed by atoms with E-state index >= 15 is 0 Å². The molecular weight excluding hydrogens is 521 g/mol. The molecular formula is C29H21F3N6O2. The zero-order chi connectivity index (χ0) is 28.4. The summed E-state index contributed by atoms with van der Waals surface area (Å²) in [5.41, 5.74) is 4.66. The standard InChI is InChI=1S/C29H21F3N6O2/c1-16-5-6-21(37-28(40)36-19-4-2-3-18(10-19)29(30,31)32)12-25(16)35-20-7-8-23-24(27(39)38-26(23)13-20)11-22-9-17(14-33)15-34-22/h2-13,15,34-35H,1H3,(H,38,39)(H2,36,37,40)/b24-11-. The molecule has 8 nitrogen and oxygen atoms in total. The molecule has 4 aromatic rings. The van der Waals surface area contributed by atoms with E-state index in [1.165, 1.54) is 12.1 Å². The van der Waals surface area contributed by atoms with Crippen LogP contribution in [0.3, 0.4) is 0 Å². The Morgan fingerprint density at radius 3 is 2.45 bits per heavy atom. The topological polar surface area (TPSA) is 122 Å². The van der Waals surface area contributed by atoms with E-state index < -0.39 is 17.8 Å². The zero-order valence-corrected chi connectivity index (χ0v) is 20.9. The first kappa shape index (κ1) is 26.1. The SMILES string of the molecule is Cc1ccc(NC(=O)Nc2cccc(C(F)(F)F)c2)cc1Nc1ccc2c(c1)NC(=O)/C2=C\c1cc(C#N)c[nH]1. The van der Waals surface area contributed by atoms with Crippen molar-refractivity contribution >= 4 is 52.0 Å². The average molecular weight is 543 g/mol. The Labute approximate surface area is 226 Å². The number of amides is 3. The van der Waals surface area contributed by atoms with Crippen molar-refractivity contribution in [1.29, 1.82) is 5.26 Å². The number of fused-ring (bicyclic) bond motifs is 1. The Balaban J connectivity index is 1.30. The van der Waals surface area contributed by atoms with Crippen molar-refractivity contribution in [2.45, 2.75) is 13.1 Å². The Hall–Kier alpha value is -5.50. The number of aryl methyl sites for hydroxylation is 1. The van der Waals surface area contributed by atoms with Gasteiger partial charge in [-0.05, 0) is 67.1 Å². The summed E-state index contributed by atoms with van der Waals surface area (Å²) in [5.74, 6) is -0.269. The number of hydrogen-bond acceptors (Lipinski definition) is 4. The number of hydrogen-bond donors (Lipinski definition) is 5. The highest BCUT2D eigenvalue weighted by atomic mass is 19.4. The van der Waals surface area contributed by atoms with Crippen molar-refractivity contribution in [1.82, 2.24) is 4.98 Å². The molecule has 5 N–H and O–H groups in total. The number of aromatic amines is 1. The highest BCUT2D eigenvalue weighted by molar-refractivity contribution is 6.35. The number of H-pyrrole nitrogens is 1. The second-order valence-electron chi connectivity index (χ2n) is 9.04. The Bertz CT molecular complexity index is 1720. The first-order valence-corrected chi connectivity index (χ1v) is 12.0. The maximum absolute atomic E-state index is 13.0. The number of carbonyl (C=O) groups is 2. The summed E-state index contributed by atoms with van der Waals surface area (Å²) in [6.07, 6.45) is -1.28. The molecule has 5 rings (SSSR count). The lowest BCUT2D eigenvalue weighted by molar-refractivity contribution is -0.137. The van der Waals surface area contributed by atoms with Crippen LogP contribution < -0.4 is 21.3 Å². The van der Waals surface area contributed by atoms with E-state index in [0.29, 0.717) is 45.1 Å². The zero-order valence-electron chi connectivity index (χ0n) is 20.9. The first-order chi connectivity index (χ1) is 19.1. The average Bonchev–Trinajstić information content (AvgIpc) is 3.49. The molecule has 0 bridgehead atoms. The summed E-state index contributed by atoms with van der Waals surface area (Å²) < 4.78 is 38.9. The van der Waals surface area contributed by atoms with Gasteiger partial charge in [-0.25, -0.2) is 4.79 Å². The maximum atomic E-state index is 13.0. The van der Waals surface area contributed by atoms with Gasteiger partial charge in [0, 0.05) is 40.2 Å². The summed E-state index contributed by atoms with van der Waals surface area (Å²) in [5, 5.41) is 20.2. The second-order valence-corrected chi connectivity index (χ2v) is 9.04. The Kier molecular flexibility index (Phi) is 6.75. The van der Waals surface area contributed by atoms with Gasteiger partial charge >= 0.3 is 12.2 Å². The predicted molar refractivity (Wildman–Crippen MR) is 147 cm³/mol. The number of urea groups is 1. The third-order valence-electron chi connectivity index (χ3n) is 6.16. The molecule has 1 aliphatic rings. The van der Waals surface area contributed by atoms with Crippen LogP contribution in [0.1, 0.15) is 27.9 Å². The highest BCUT2D eigenvalue weighted by Gasteiger charge is 2.30. The van der Waals surface area contributed by atoms with Crippen molar-refractivity contribution in [3.8, 4) is 6.07 Å². The Morgan fingerprint density at radius 1 is 0.975 bits per heavy atom. The van der Waals surface area contributed by atoms with Crippen LogP contribution in [0.25, 0.3) is 11.6 Å². The molecule has 0 fully saturated rings. The highest BCUT2D eigenvalue weighted by Crippen LogP contribution is 2.36. The first-order valence-electron chi connectivity index (χ1n) is 12.0. The van der Waals surface area contributed by atoms with Crippen LogP contribution in [-0.4, -0.2) is 16.9 Å². The van der Waals surface area contributed by atoms with Crippen LogP contribution >= 0.6 is 0 Å². The van der Waals surface area contributed by atoms with Crippen LogP contribution in [-0.2, 0) is 11.0 Å². The lowest BCUT2D eigenvalue weighted by Crippen LogP contribution is -2.20. The molecule has 40 heavy (non-hydrogen) atoms. The fourth-order valence-electron chi connectivity index (χ4n) is 4.19. The van der Waals surface area contributed by atoms with Gasteiger partial charge in [-0.15, -0.1) is 0 Å². The molecule has 3 amide bonds. The van der Waals surface area contributed by atoms with Crippen LogP contribution in [0.5, 0.6) is 0 Å². The van der Waals surface area contributed by atoms with E-state index in [9.17, 15) is 22.8 Å². The van der Waals surface area contributed by atoms with Crippen molar-refractivity contribution in [2.24, 2.45) is 0 Å². The molecule has 0 atom stereocenters. The van der Waals surface area contributed by atoms with E-state index in [0.717, 1.165) is 17.7 Å². The molecule has 3 aromatic carbocycles. The summed E-state index contributed by atoms with van der Waals surface area (Å²) in [6, 6.07) is 17.9. The number of benzene rings is 3. The van der Waals surface area contributed by atoms with Gasteiger partial charge in [0.1, 0.15) is 6.07 Å². The van der Waals surface area contributed by atoms with Gasteiger partial charge in [-0.3, -0.25) is 4.79 Å². The van der Waals surface area contributed by atoms with Gasteiger partial charge in [0.2, 0.25) is 0 Å². The van der Waals surface area contributed by atoms with E-state index in [-0.39, 0.29) is 11.6 Å². The summed E-state index contributed by atoms with van der Waals surface area (Å²) in [7, 11) is 0. The Morgan fingerprint density at radius 2 is 1.73 bits per heavy atom. The minimum absolute atomic E-state index is 0.00756. The van der Waals surface area contributed by atoms with Crippen LogP contribution in [0.4, 0.5) is 46.4 Å². The van der Waals surface area contributed by atoms with E-state index in [1.54, 1.807) is 48.7 Å². The molecule has 0 radical (unpaired) electrons. The van der Waals surface area contributed by atoms with Gasteiger partial charge in [0.05, 0.1) is 22.4 Å². The van der Waals surface area contributed by atoms with Crippen LogP contribution in [0.15, 0.2) is 72.9 Å². The number of nitrogens with one attached hydrogen (secondary N) is 5. The number of anilines is 5. The molecule has 200 valence electrons. The quantitative estimate of drug-likeness (QED) is 0.173. The normalized spacial score (nSPS) is 13.4. The number of nitriles is 1. The summed E-state index contributed by atoms with van der Waals surface area (Å²) in [4.78, 5) is 28.0. The molecule has 0 aliphatic carbocycles. The molecule has 11 heteroatoms. The molecule has 2 heterocycles. The molecule has 0 spiro atoms. The van der Waals surface area contributed by atoms with Crippen molar-refractivity contribution in [3.05, 3.63) is 101 Å². The van der Waals surface area contributed by atoms with Gasteiger partial charge in [0.25, 0.3) is 5.91 Å². The lowest BCUT2D eigenvalue weighted by atomic mass is 10.1. The summed E-state index contributed by atoms with van der Waals surface area (Å²) in [6.45, 7) is 1.87. The molecule has 1 aromatic heterocycles. The number of carbonyl (C=O) groups excluding carboxylic acids is 2.